The topological polar surface area (TPSA) is 50.3 Å². The molecule has 2 aromatic rings. The first-order valence-electron chi connectivity index (χ1n) is 7.87. The zero-order valence-corrected chi connectivity index (χ0v) is 15.7. The van der Waals surface area contributed by atoms with Gasteiger partial charge in [-0.15, -0.1) is 0 Å². The largest absolute Gasteiger partial charge is 0.372 e. The maximum Gasteiger partial charge on any atom is 0.154 e. The molecule has 5 heteroatoms. The Bertz CT molecular complexity index is 826. The summed E-state index contributed by atoms with van der Waals surface area (Å²) in [5.74, 6) is 0. The average molecular weight is 334 g/mol. The number of hydrogen-bond donors (Lipinski definition) is 0. The summed E-state index contributed by atoms with van der Waals surface area (Å²) in [4.78, 5) is 6.76. The summed E-state index contributed by atoms with van der Waals surface area (Å²) in [7, 11) is -1.18. The highest BCUT2D eigenvalue weighted by atomic mass is 32.2. The fourth-order valence-corrected chi connectivity index (χ4v) is 3.41. The van der Waals surface area contributed by atoms with Crippen LogP contribution in [-0.4, -0.2) is 38.0 Å². The minimum Gasteiger partial charge on any atom is -0.372 e. The molecule has 0 aliphatic rings. The molecule has 0 saturated heterocycles. The van der Waals surface area contributed by atoms with Crippen molar-refractivity contribution in [1.82, 2.24) is 4.98 Å². The molecule has 4 nitrogen and oxygen atoms in total. The van der Waals surface area contributed by atoms with Crippen molar-refractivity contribution in [3.8, 4) is 0 Å². The van der Waals surface area contributed by atoms with Crippen LogP contribution in [0.4, 0.5) is 5.69 Å². The number of anilines is 1. The van der Waals surface area contributed by atoms with E-state index in [1.165, 1.54) is 11.8 Å². The number of rotatable bonds is 5. The molecule has 0 unspecified atom stereocenters. The molecule has 0 spiro atoms. The number of hydrogen-bond acceptors (Lipinski definition) is 4. The van der Waals surface area contributed by atoms with Crippen molar-refractivity contribution in [2.24, 2.45) is 0 Å². The third-order valence-electron chi connectivity index (χ3n) is 4.53. The Balaban J connectivity index is 2.62. The number of benzene rings is 1. The Kier molecular flexibility index (Phi) is 4.71. The molecule has 0 bridgehead atoms. The summed E-state index contributed by atoms with van der Waals surface area (Å²) in [6, 6.07) is 8.03. The standard InChI is InChI=1S/C18H26N2O2S/c1-7-14-13(2)19-16-11-9-8-10-15(16)17(14)20(5)12-18(3,4)23(6,21)22/h8-11H,7,12H2,1-6H3. The van der Waals surface area contributed by atoms with Gasteiger partial charge in [0.25, 0.3) is 0 Å². The van der Waals surface area contributed by atoms with Gasteiger partial charge in [-0.25, -0.2) is 8.42 Å². The van der Waals surface area contributed by atoms with Crippen LogP contribution >= 0.6 is 0 Å². The van der Waals surface area contributed by atoms with Gasteiger partial charge in [-0.2, -0.15) is 0 Å². The molecule has 0 saturated carbocycles. The van der Waals surface area contributed by atoms with Crippen molar-refractivity contribution in [1.29, 1.82) is 0 Å². The minimum atomic E-state index is -3.15. The molecule has 1 aromatic carbocycles. The van der Waals surface area contributed by atoms with Gasteiger partial charge in [0.1, 0.15) is 0 Å². The van der Waals surface area contributed by atoms with Gasteiger partial charge in [0.15, 0.2) is 9.84 Å². The second-order valence-corrected chi connectivity index (χ2v) is 9.43. The average Bonchev–Trinajstić information content (AvgIpc) is 2.43. The number of para-hydroxylation sites is 1. The van der Waals surface area contributed by atoms with Crippen LogP contribution in [0.15, 0.2) is 24.3 Å². The summed E-state index contributed by atoms with van der Waals surface area (Å²) in [5.41, 5.74) is 4.22. The molecule has 0 aliphatic carbocycles. The quantitative estimate of drug-likeness (QED) is 0.841. The van der Waals surface area contributed by atoms with E-state index in [0.717, 1.165) is 28.7 Å². The second-order valence-electron chi connectivity index (χ2n) is 6.78. The van der Waals surface area contributed by atoms with Crippen molar-refractivity contribution < 1.29 is 8.42 Å². The summed E-state index contributed by atoms with van der Waals surface area (Å²) >= 11 is 0. The van der Waals surface area contributed by atoms with E-state index in [1.54, 1.807) is 13.8 Å². The lowest BCUT2D eigenvalue weighted by Crippen LogP contribution is -2.43. The molecule has 1 heterocycles. The smallest absolute Gasteiger partial charge is 0.154 e. The zero-order chi connectivity index (χ0) is 17.4. The fraction of sp³-hybridized carbons (Fsp3) is 0.500. The molecule has 0 radical (unpaired) electrons. The van der Waals surface area contributed by atoms with Gasteiger partial charge in [-0.05, 0) is 38.8 Å². The van der Waals surface area contributed by atoms with Gasteiger partial charge in [-0.3, -0.25) is 4.98 Å². The van der Waals surface area contributed by atoms with E-state index >= 15 is 0 Å². The molecule has 0 aliphatic heterocycles. The maximum absolute atomic E-state index is 12.1. The number of pyridine rings is 1. The Morgan fingerprint density at radius 3 is 2.39 bits per heavy atom. The molecular weight excluding hydrogens is 308 g/mol. The van der Waals surface area contributed by atoms with Gasteiger partial charge in [0.2, 0.25) is 0 Å². The Morgan fingerprint density at radius 2 is 1.83 bits per heavy atom. The zero-order valence-electron chi connectivity index (χ0n) is 14.8. The summed E-state index contributed by atoms with van der Waals surface area (Å²) in [5, 5.41) is 1.07. The molecule has 23 heavy (non-hydrogen) atoms. The normalized spacial score (nSPS) is 12.6. The van der Waals surface area contributed by atoms with Crippen molar-refractivity contribution in [2.75, 3.05) is 24.7 Å². The molecule has 2 rings (SSSR count). The first kappa shape index (κ1) is 17.7. The van der Waals surface area contributed by atoms with E-state index in [1.807, 2.05) is 32.2 Å². The lowest BCUT2D eigenvalue weighted by Gasteiger charge is -2.32. The van der Waals surface area contributed by atoms with Crippen molar-refractivity contribution in [3.05, 3.63) is 35.5 Å². The predicted molar refractivity (Wildman–Crippen MR) is 98.1 cm³/mol. The number of sulfone groups is 1. The molecule has 0 atom stereocenters. The predicted octanol–water partition coefficient (Wildman–Crippen LogP) is 3.37. The second kappa shape index (κ2) is 6.11. The van der Waals surface area contributed by atoms with Gasteiger partial charge >= 0.3 is 0 Å². The molecule has 0 fully saturated rings. The van der Waals surface area contributed by atoms with E-state index in [0.29, 0.717) is 6.54 Å². The molecule has 126 valence electrons. The van der Waals surface area contributed by atoms with Crippen LogP contribution < -0.4 is 4.90 Å². The first-order chi connectivity index (χ1) is 10.6. The summed E-state index contributed by atoms with van der Waals surface area (Å²) in [6.45, 7) is 8.12. The van der Waals surface area contributed by atoms with E-state index in [-0.39, 0.29) is 0 Å². The van der Waals surface area contributed by atoms with Crippen LogP contribution in [0.5, 0.6) is 0 Å². The van der Waals surface area contributed by atoms with Crippen LogP contribution in [0.3, 0.4) is 0 Å². The highest BCUT2D eigenvalue weighted by molar-refractivity contribution is 7.92. The number of aromatic nitrogens is 1. The third-order valence-corrected chi connectivity index (χ3v) is 6.66. The first-order valence-corrected chi connectivity index (χ1v) is 9.76. The highest BCUT2D eigenvalue weighted by Crippen LogP contribution is 2.33. The summed E-state index contributed by atoms with van der Waals surface area (Å²) in [6.07, 6.45) is 2.17. The Morgan fingerprint density at radius 1 is 1.22 bits per heavy atom. The van der Waals surface area contributed by atoms with E-state index in [4.69, 9.17) is 0 Å². The minimum absolute atomic E-state index is 0.437. The van der Waals surface area contributed by atoms with Gasteiger partial charge < -0.3 is 4.90 Å². The number of aryl methyl sites for hydroxylation is 1. The molecule has 1 aromatic heterocycles. The maximum atomic E-state index is 12.1. The molecule has 0 amide bonds. The SMILES string of the molecule is CCc1c(C)nc2ccccc2c1N(C)CC(C)(C)S(C)(=O)=O. The van der Waals surface area contributed by atoms with Crippen molar-refractivity contribution in [2.45, 2.75) is 38.9 Å². The molecule has 0 N–H and O–H groups in total. The lowest BCUT2D eigenvalue weighted by atomic mass is 10.0. The van der Waals surface area contributed by atoms with Crippen LogP contribution in [0.2, 0.25) is 0 Å². The number of nitrogens with zero attached hydrogens (tertiary/aromatic N) is 2. The van der Waals surface area contributed by atoms with Crippen LogP contribution in [0.1, 0.15) is 32.0 Å². The van der Waals surface area contributed by atoms with Gasteiger partial charge in [0.05, 0.1) is 16.0 Å². The Labute approximate surface area is 139 Å². The summed E-state index contributed by atoms with van der Waals surface area (Å²) < 4.78 is 23.3. The van der Waals surface area contributed by atoms with Gasteiger partial charge in [0, 0.05) is 30.9 Å². The Hall–Kier alpha value is -1.62. The van der Waals surface area contributed by atoms with Crippen LogP contribution in [-0.2, 0) is 16.3 Å². The van der Waals surface area contributed by atoms with E-state index in [9.17, 15) is 8.42 Å². The fourth-order valence-electron chi connectivity index (χ4n) is 2.98. The molecular formula is C18H26N2O2S. The van der Waals surface area contributed by atoms with Gasteiger partial charge in [-0.1, -0.05) is 25.1 Å². The van der Waals surface area contributed by atoms with E-state index < -0.39 is 14.6 Å². The van der Waals surface area contributed by atoms with E-state index in [2.05, 4.69) is 22.9 Å². The highest BCUT2D eigenvalue weighted by Gasteiger charge is 2.32. The van der Waals surface area contributed by atoms with Crippen molar-refractivity contribution >= 4 is 26.4 Å². The third kappa shape index (κ3) is 3.34. The van der Waals surface area contributed by atoms with Crippen LogP contribution in [0.25, 0.3) is 10.9 Å². The van der Waals surface area contributed by atoms with Crippen molar-refractivity contribution in [3.63, 3.8) is 0 Å². The number of fused-ring (bicyclic) bond motifs is 1. The monoisotopic (exact) mass is 334 g/mol. The van der Waals surface area contributed by atoms with Crippen LogP contribution in [0, 0.1) is 6.92 Å². The lowest BCUT2D eigenvalue weighted by molar-refractivity contribution is 0.550.